The first-order valence-corrected chi connectivity index (χ1v) is 12.5. The SMILES string of the molecule is CC(O)(CCC1=CNCC2CC12)N1CCc2cc(OCCCN3CCCCC3)ccc21. The van der Waals surface area contributed by atoms with E-state index in [1.165, 1.54) is 55.6 Å². The summed E-state index contributed by atoms with van der Waals surface area (Å²) in [4.78, 5) is 4.77. The molecule has 0 aromatic heterocycles. The standard InChI is InChI=1S/C26H39N3O2/c1-26(30,10-8-21-18-27-19-22-17-24(21)22)29-14-9-20-16-23(6-7-25(20)29)31-15-5-13-28-11-3-2-4-12-28/h6-7,16,18,22,24,27,30H,2-5,8-15,17,19H2,1H3. The number of likely N-dealkylation sites (tertiary alicyclic amines) is 1. The van der Waals surface area contributed by atoms with Crippen LogP contribution in [-0.2, 0) is 6.42 Å². The lowest BCUT2D eigenvalue weighted by molar-refractivity contribution is 0.0485. The number of aliphatic hydroxyl groups is 1. The van der Waals surface area contributed by atoms with Crippen LogP contribution < -0.4 is 15.0 Å². The molecule has 170 valence electrons. The van der Waals surface area contributed by atoms with E-state index in [4.69, 9.17) is 4.74 Å². The van der Waals surface area contributed by atoms with Gasteiger partial charge in [-0.25, -0.2) is 0 Å². The van der Waals surface area contributed by atoms with E-state index in [2.05, 4.69) is 39.5 Å². The molecule has 3 unspecified atom stereocenters. The van der Waals surface area contributed by atoms with Crippen LogP contribution in [0.2, 0.25) is 0 Å². The zero-order valence-corrected chi connectivity index (χ0v) is 19.1. The third-order valence-electron chi connectivity index (χ3n) is 7.82. The van der Waals surface area contributed by atoms with Crippen molar-refractivity contribution in [2.24, 2.45) is 11.8 Å². The average molecular weight is 426 g/mol. The van der Waals surface area contributed by atoms with Crippen LogP contribution in [0.5, 0.6) is 5.75 Å². The number of fused-ring (bicyclic) bond motifs is 2. The highest BCUT2D eigenvalue weighted by Crippen LogP contribution is 2.47. The summed E-state index contributed by atoms with van der Waals surface area (Å²) in [6.07, 6.45) is 11.4. The molecule has 2 N–H and O–H groups in total. The molecule has 0 amide bonds. The Hall–Kier alpha value is -1.72. The van der Waals surface area contributed by atoms with Gasteiger partial charge in [0, 0.05) is 25.3 Å². The third-order valence-corrected chi connectivity index (χ3v) is 7.82. The third kappa shape index (κ3) is 4.88. The number of hydrogen-bond acceptors (Lipinski definition) is 5. The van der Waals surface area contributed by atoms with Gasteiger partial charge in [0.05, 0.1) is 6.61 Å². The van der Waals surface area contributed by atoms with Crippen molar-refractivity contribution in [3.63, 3.8) is 0 Å². The Morgan fingerprint density at radius 2 is 2.06 bits per heavy atom. The summed E-state index contributed by atoms with van der Waals surface area (Å²) in [5, 5.41) is 14.7. The van der Waals surface area contributed by atoms with E-state index in [9.17, 15) is 5.11 Å². The van der Waals surface area contributed by atoms with Gasteiger partial charge < -0.3 is 25.0 Å². The number of hydrogen-bond donors (Lipinski definition) is 2. The molecule has 2 fully saturated rings. The van der Waals surface area contributed by atoms with Crippen molar-refractivity contribution in [2.45, 2.75) is 64.0 Å². The minimum atomic E-state index is -0.815. The predicted molar refractivity (Wildman–Crippen MR) is 125 cm³/mol. The maximum Gasteiger partial charge on any atom is 0.135 e. The van der Waals surface area contributed by atoms with Gasteiger partial charge in [0.15, 0.2) is 0 Å². The fraction of sp³-hybridized carbons (Fsp3) is 0.692. The van der Waals surface area contributed by atoms with Crippen molar-refractivity contribution in [3.05, 3.63) is 35.5 Å². The second kappa shape index (κ2) is 9.03. The summed E-state index contributed by atoms with van der Waals surface area (Å²) in [6, 6.07) is 6.42. The fourth-order valence-corrected chi connectivity index (χ4v) is 5.78. The molecule has 0 spiro atoms. The average Bonchev–Trinajstić information content (AvgIpc) is 3.46. The lowest BCUT2D eigenvalue weighted by Gasteiger charge is -2.36. The lowest BCUT2D eigenvalue weighted by atomic mass is 9.97. The van der Waals surface area contributed by atoms with Crippen LogP contribution in [0.4, 0.5) is 5.69 Å². The van der Waals surface area contributed by atoms with Gasteiger partial charge in [-0.15, -0.1) is 0 Å². The molecule has 1 saturated heterocycles. The fourth-order valence-electron chi connectivity index (χ4n) is 5.78. The molecule has 3 aliphatic heterocycles. The second-order valence-electron chi connectivity index (χ2n) is 10.2. The molecule has 31 heavy (non-hydrogen) atoms. The summed E-state index contributed by atoms with van der Waals surface area (Å²) in [5.41, 5.74) is 3.16. The highest BCUT2D eigenvalue weighted by atomic mass is 16.5. The van der Waals surface area contributed by atoms with Gasteiger partial charge in [-0.1, -0.05) is 12.0 Å². The van der Waals surface area contributed by atoms with Crippen LogP contribution >= 0.6 is 0 Å². The number of nitrogens with one attached hydrogen (secondary N) is 1. The van der Waals surface area contributed by atoms with Crippen molar-refractivity contribution in [1.29, 1.82) is 0 Å². The minimum absolute atomic E-state index is 0.775. The molecule has 3 atom stereocenters. The molecule has 1 aliphatic carbocycles. The molecule has 0 bridgehead atoms. The molecule has 1 saturated carbocycles. The Morgan fingerprint density at radius 3 is 2.94 bits per heavy atom. The van der Waals surface area contributed by atoms with E-state index >= 15 is 0 Å². The Labute approximate surface area is 187 Å². The lowest BCUT2D eigenvalue weighted by Crippen LogP contribution is -2.45. The van der Waals surface area contributed by atoms with Gasteiger partial charge in [-0.3, -0.25) is 0 Å². The quantitative estimate of drug-likeness (QED) is 0.588. The number of rotatable bonds is 9. The Bertz CT molecular complexity index is 800. The Kier molecular flexibility index (Phi) is 6.16. The van der Waals surface area contributed by atoms with E-state index in [0.29, 0.717) is 0 Å². The van der Waals surface area contributed by atoms with Crippen LogP contribution in [0.3, 0.4) is 0 Å². The summed E-state index contributed by atoms with van der Waals surface area (Å²) in [5.74, 6) is 2.59. The van der Waals surface area contributed by atoms with Crippen LogP contribution in [0.25, 0.3) is 0 Å². The number of allylic oxidation sites excluding steroid dienone is 1. The van der Waals surface area contributed by atoms with Gasteiger partial charge in [0.25, 0.3) is 0 Å². The van der Waals surface area contributed by atoms with Crippen LogP contribution in [0.1, 0.15) is 57.4 Å². The van der Waals surface area contributed by atoms with E-state index < -0.39 is 5.72 Å². The molecule has 5 heteroatoms. The van der Waals surface area contributed by atoms with Crippen molar-refractivity contribution in [2.75, 3.05) is 44.2 Å². The van der Waals surface area contributed by atoms with Crippen molar-refractivity contribution in [3.8, 4) is 5.75 Å². The minimum Gasteiger partial charge on any atom is -0.494 e. The number of anilines is 1. The van der Waals surface area contributed by atoms with Gasteiger partial charge >= 0.3 is 0 Å². The maximum absolute atomic E-state index is 11.3. The summed E-state index contributed by atoms with van der Waals surface area (Å²) >= 11 is 0. The molecule has 1 aromatic rings. The van der Waals surface area contributed by atoms with Crippen molar-refractivity contribution >= 4 is 5.69 Å². The van der Waals surface area contributed by atoms with Gasteiger partial charge in [0.2, 0.25) is 0 Å². The summed E-state index contributed by atoms with van der Waals surface area (Å²) < 4.78 is 6.06. The Balaban J connectivity index is 1.12. The Morgan fingerprint density at radius 1 is 1.19 bits per heavy atom. The topological polar surface area (TPSA) is 48.0 Å². The highest BCUT2D eigenvalue weighted by Gasteiger charge is 2.42. The van der Waals surface area contributed by atoms with Crippen LogP contribution in [-0.4, -0.2) is 55.1 Å². The number of ether oxygens (including phenoxy) is 1. The number of benzene rings is 1. The zero-order chi connectivity index (χ0) is 21.3. The molecule has 0 radical (unpaired) electrons. The van der Waals surface area contributed by atoms with E-state index in [-0.39, 0.29) is 0 Å². The second-order valence-corrected chi connectivity index (χ2v) is 10.2. The van der Waals surface area contributed by atoms with E-state index in [0.717, 1.165) is 69.5 Å². The maximum atomic E-state index is 11.3. The normalized spacial score (nSPS) is 27.0. The molecule has 5 nitrogen and oxygen atoms in total. The predicted octanol–water partition coefficient (Wildman–Crippen LogP) is 3.92. The molecular formula is C26H39N3O2. The summed E-state index contributed by atoms with van der Waals surface area (Å²) in [6.45, 7) is 8.43. The number of nitrogens with zero attached hydrogens (tertiary/aromatic N) is 2. The van der Waals surface area contributed by atoms with Crippen molar-refractivity contribution < 1.29 is 9.84 Å². The van der Waals surface area contributed by atoms with E-state index in [1.807, 2.05) is 6.92 Å². The van der Waals surface area contributed by atoms with Crippen LogP contribution in [0, 0.1) is 11.8 Å². The first-order valence-electron chi connectivity index (χ1n) is 12.5. The highest BCUT2D eigenvalue weighted by molar-refractivity contribution is 5.61. The van der Waals surface area contributed by atoms with Crippen LogP contribution in [0.15, 0.2) is 30.0 Å². The number of piperidine rings is 1. The molecule has 3 heterocycles. The largest absolute Gasteiger partial charge is 0.494 e. The van der Waals surface area contributed by atoms with Crippen molar-refractivity contribution in [1.82, 2.24) is 10.2 Å². The van der Waals surface area contributed by atoms with Gasteiger partial charge in [-0.2, -0.15) is 0 Å². The first kappa shape index (κ1) is 21.1. The van der Waals surface area contributed by atoms with E-state index in [1.54, 1.807) is 0 Å². The monoisotopic (exact) mass is 425 g/mol. The molecule has 1 aromatic carbocycles. The van der Waals surface area contributed by atoms with Gasteiger partial charge in [-0.05, 0) is 107 Å². The smallest absolute Gasteiger partial charge is 0.135 e. The molecule has 5 rings (SSSR count). The molecule has 4 aliphatic rings. The molecular weight excluding hydrogens is 386 g/mol. The van der Waals surface area contributed by atoms with Gasteiger partial charge in [0.1, 0.15) is 11.5 Å². The summed E-state index contributed by atoms with van der Waals surface area (Å²) in [7, 11) is 0. The zero-order valence-electron chi connectivity index (χ0n) is 19.1. The first-order chi connectivity index (χ1) is 15.1.